The first-order chi connectivity index (χ1) is 13.5. The van der Waals surface area contributed by atoms with Crippen LogP contribution >= 0.6 is 0 Å². The largest absolute Gasteiger partial charge is 0.465 e. The average Bonchev–Trinajstić information content (AvgIpc) is 2.69. The molecule has 1 N–H and O–H groups in total. The highest BCUT2D eigenvalue weighted by atomic mass is 19.1. The molecule has 3 aromatic rings. The van der Waals surface area contributed by atoms with E-state index in [1.54, 1.807) is 6.07 Å². The summed E-state index contributed by atoms with van der Waals surface area (Å²) in [5, 5.41) is 9.57. The van der Waals surface area contributed by atoms with Gasteiger partial charge in [-0.25, -0.2) is 23.5 Å². The Bertz CT molecular complexity index is 1060. The molecule has 2 aromatic heterocycles. The molecular formula is C19H17F2N5O2. The van der Waals surface area contributed by atoms with Crippen molar-refractivity contribution in [3.05, 3.63) is 48.4 Å². The fourth-order valence-corrected chi connectivity index (χ4v) is 3.49. The summed E-state index contributed by atoms with van der Waals surface area (Å²) in [6.07, 6.45) is 1.72. The van der Waals surface area contributed by atoms with Crippen molar-refractivity contribution < 1.29 is 18.7 Å². The molecule has 0 bridgehead atoms. The highest BCUT2D eigenvalue weighted by molar-refractivity contribution is 5.91. The van der Waals surface area contributed by atoms with Crippen LogP contribution in [0.15, 0.2) is 36.8 Å². The lowest BCUT2D eigenvalue weighted by molar-refractivity contribution is 0.136. The quantitative estimate of drug-likeness (QED) is 0.730. The monoisotopic (exact) mass is 385 g/mol. The van der Waals surface area contributed by atoms with Crippen LogP contribution in [-0.2, 0) is 0 Å². The molecule has 1 saturated heterocycles. The molecule has 0 spiro atoms. The predicted molar refractivity (Wildman–Crippen MR) is 99.1 cm³/mol. The Morgan fingerprint density at radius 1 is 1.18 bits per heavy atom. The van der Waals surface area contributed by atoms with E-state index < -0.39 is 17.7 Å². The maximum Gasteiger partial charge on any atom is 0.407 e. The molecule has 4 rings (SSSR count). The van der Waals surface area contributed by atoms with Crippen LogP contribution in [0.5, 0.6) is 0 Å². The standard InChI is InChI=1S/C19H17F2N5O2/c1-11-9-25(19(27)28)6-7-26(11)18-13-8-22-16(12-4-2-3-5-14(12)20)15(21)17(13)23-10-24-18/h2-5,8,10-11H,6-7,9H2,1H3,(H,27,28). The molecule has 0 radical (unpaired) electrons. The third kappa shape index (κ3) is 2.98. The molecule has 144 valence electrons. The minimum absolute atomic E-state index is 0.0473. The molecule has 7 nitrogen and oxygen atoms in total. The number of amides is 1. The lowest BCUT2D eigenvalue weighted by Crippen LogP contribution is -2.53. The van der Waals surface area contributed by atoms with Crippen molar-refractivity contribution in [2.45, 2.75) is 13.0 Å². The Kier molecular flexibility index (Phi) is 4.50. The number of benzene rings is 1. The van der Waals surface area contributed by atoms with Crippen molar-refractivity contribution in [2.24, 2.45) is 0 Å². The summed E-state index contributed by atoms with van der Waals surface area (Å²) in [6.45, 7) is 2.91. The van der Waals surface area contributed by atoms with Crippen LogP contribution in [0.2, 0.25) is 0 Å². The first-order valence-corrected chi connectivity index (χ1v) is 8.76. The number of hydrogen-bond acceptors (Lipinski definition) is 5. The summed E-state index contributed by atoms with van der Waals surface area (Å²) < 4.78 is 29.2. The Balaban J connectivity index is 1.77. The summed E-state index contributed by atoms with van der Waals surface area (Å²) in [6, 6.07) is 5.68. The van der Waals surface area contributed by atoms with Gasteiger partial charge in [0, 0.05) is 37.4 Å². The van der Waals surface area contributed by atoms with E-state index >= 15 is 4.39 Å². The van der Waals surface area contributed by atoms with Crippen LogP contribution in [0.3, 0.4) is 0 Å². The molecular weight excluding hydrogens is 368 g/mol. The Labute approximate surface area is 159 Å². The Morgan fingerprint density at radius 3 is 2.68 bits per heavy atom. The molecule has 9 heteroatoms. The maximum absolute atomic E-state index is 15.1. The molecule has 1 amide bonds. The molecule has 1 fully saturated rings. The van der Waals surface area contributed by atoms with Crippen molar-refractivity contribution in [3.8, 4) is 11.3 Å². The zero-order chi connectivity index (χ0) is 19.8. The first kappa shape index (κ1) is 18.0. The van der Waals surface area contributed by atoms with Crippen molar-refractivity contribution in [3.63, 3.8) is 0 Å². The van der Waals surface area contributed by atoms with Gasteiger partial charge in [-0.15, -0.1) is 0 Å². The second kappa shape index (κ2) is 6.99. The molecule has 3 heterocycles. The van der Waals surface area contributed by atoms with Gasteiger partial charge in [0.1, 0.15) is 29.2 Å². The van der Waals surface area contributed by atoms with E-state index in [1.165, 1.54) is 35.6 Å². The van der Waals surface area contributed by atoms with E-state index in [4.69, 9.17) is 0 Å². The number of fused-ring (bicyclic) bond motifs is 1. The third-order valence-corrected chi connectivity index (χ3v) is 4.90. The normalized spacial score (nSPS) is 17.2. The second-order valence-corrected chi connectivity index (χ2v) is 6.63. The van der Waals surface area contributed by atoms with Gasteiger partial charge >= 0.3 is 6.09 Å². The smallest absolute Gasteiger partial charge is 0.407 e. The van der Waals surface area contributed by atoms with Crippen molar-refractivity contribution >= 4 is 22.8 Å². The Hall–Kier alpha value is -3.36. The maximum atomic E-state index is 15.1. The minimum Gasteiger partial charge on any atom is -0.465 e. The lowest BCUT2D eigenvalue weighted by Gasteiger charge is -2.39. The van der Waals surface area contributed by atoms with Crippen LogP contribution < -0.4 is 4.90 Å². The third-order valence-electron chi connectivity index (χ3n) is 4.90. The average molecular weight is 385 g/mol. The van der Waals surface area contributed by atoms with E-state index in [-0.39, 0.29) is 22.8 Å². The number of rotatable bonds is 2. The summed E-state index contributed by atoms with van der Waals surface area (Å²) >= 11 is 0. The zero-order valence-corrected chi connectivity index (χ0v) is 15.0. The van der Waals surface area contributed by atoms with E-state index in [0.29, 0.717) is 30.8 Å². The van der Waals surface area contributed by atoms with Crippen molar-refractivity contribution in [1.82, 2.24) is 19.9 Å². The van der Waals surface area contributed by atoms with E-state index in [0.717, 1.165) is 0 Å². The highest BCUT2D eigenvalue weighted by Gasteiger charge is 2.29. The van der Waals surface area contributed by atoms with E-state index in [1.807, 2.05) is 11.8 Å². The number of carbonyl (C=O) groups is 1. The summed E-state index contributed by atoms with van der Waals surface area (Å²) in [5.74, 6) is -0.807. The number of halogens is 2. The van der Waals surface area contributed by atoms with Crippen LogP contribution in [0.25, 0.3) is 22.2 Å². The number of piperazine rings is 1. The van der Waals surface area contributed by atoms with Gasteiger partial charge in [0.25, 0.3) is 0 Å². The SMILES string of the molecule is CC1CN(C(=O)O)CCN1c1ncnc2c(F)c(-c3ccccc3F)ncc12. The number of nitrogens with zero attached hydrogens (tertiary/aromatic N) is 5. The molecule has 0 aliphatic carbocycles. The molecule has 1 aliphatic heterocycles. The first-order valence-electron chi connectivity index (χ1n) is 8.76. The van der Waals surface area contributed by atoms with Crippen molar-refractivity contribution in [2.75, 3.05) is 24.5 Å². The van der Waals surface area contributed by atoms with Gasteiger partial charge in [-0.3, -0.25) is 4.98 Å². The van der Waals surface area contributed by atoms with Crippen molar-refractivity contribution in [1.29, 1.82) is 0 Å². The van der Waals surface area contributed by atoms with Gasteiger partial charge in [-0.1, -0.05) is 12.1 Å². The van der Waals surface area contributed by atoms with Crippen LogP contribution in [0.1, 0.15) is 6.92 Å². The molecule has 1 aliphatic rings. The van der Waals surface area contributed by atoms with Crippen LogP contribution in [0.4, 0.5) is 19.4 Å². The molecule has 0 saturated carbocycles. The highest BCUT2D eigenvalue weighted by Crippen LogP contribution is 2.31. The minimum atomic E-state index is -0.971. The van der Waals surface area contributed by atoms with Gasteiger partial charge in [0.05, 0.1) is 5.39 Å². The topological polar surface area (TPSA) is 82.5 Å². The Morgan fingerprint density at radius 2 is 1.96 bits per heavy atom. The van der Waals surface area contributed by atoms with Gasteiger partial charge in [-0.05, 0) is 19.1 Å². The van der Waals surface area contributed by atoms with Gasteiger partial charge in [0.2, 0.25) is 0 Å². The summed E-state index contributed by atoms with van der Waals surface area (Å²) in [7, 11) is 0. The lowest BCUT2D eigenvalue weighted by atomic mass is 10.1. The number of carboxylic acid groups (broad SMARTS) is 1. The van der Waals surface area contributed by atoms with Gasteiger partial charge < -0.3 is 14.9 Å². The van der Waals surface area contributed by atoms with E-state index in [9.17, 15) is 14.3 Å². The molecule has 1 unspecified atom stereocenters. The van der Waals surface area contributed by atoms with Crippen LogP contribution in [-0.4, -0.2) is 56.7 Å². The van der Waals surface area contributed by atoms with Gasteiger partial charge in [-0.2, -0.15) is 0 Å². The second-order valence-electron chi connectivity index (χ2n) is 6.63. The van der Waals surface area contributed by atoms with E-state index in [2.05, 4.69) is 15.0 Å². The number of aromatic nitrogens is 3. The summed E-state index contributed by atoms with van der Waals surface area (Å²) in [5.41, 5.74) is -0.00406. The number of anilines is 1. The predicted octanol–water partition coefficient (Wildman–Crippen LogP) is 3.16. The van der Waals surface area contributed by atoms with Gasteiger partial charge in [0.15, 0.2) is 5.82 Å². The molecule has 28 heavy (non-hydrogen) atoms. The summed E-state index contributed by atoms with van der Waals surface area (Å²) in [4.78, 5) is 26.9. The number of hydrogen-bond donors (Lipinski definition) is 1. The molecule has 1 aromatic carbocycles. The molecule has 1 atom stereocenters. The zero-order valence-electron chi connectivity index (χ0n) is 15.0. The fourth-order valence-electron chi connectivity index (χ4n) is 3.49. The number of pyridine rings is 1. The van der Waals surface area contributed by atoms with Crippen LogP contribution in [0, 0.1) is 11.6 Å². The fraction of sp³-hybridized carbons (Fsp3) is 0.263.